The molecule has 1 aromatic rings. The molecule has 142 valence electrons. The van der Waals surface area contributed by atoms with E-state index in [1.807, 2.05) is 36.0 Å². The van der Waals surface area contributed by atoms with Crippen molar-refractivity contribution in [1.82, 2.24) is 14.8 Å². The second-order valence-corrected chi connectivity index (χ2v) is 7.63. The topological polar surface area (TPSA) is 56.8 Å². The first-order valence-electron chi connectivity index (χ1n) is 9.69. The molecule has 2 amide bonds. The van der Waals surface area contributed by atoms with Gasteiger partial charge >= 0.3 is 0 Å². The molecule has 0 spiro atoms. The van der Waals surface area contributed by atoms with Crippen molar-refractivity contribution in [3.63, 3.8) is 0 Å². The lowest BCUT2D eigenvalue weighted by molar-refractivity contribution is -0.129. The standard InChI is InChI=1S/C20H30N4O2/c1-15(25)22(2)18-10-12-24(14-18)17-9-11-21-19(13-17)20(26)23(3)16-7-5-4-6-8-16/h9,11,13,16,18H,4-8,10,12,14H2,1-3H3/t18-/m1/s1. The first-order chi connectivity index (χ1) is 12.5. The molecule has 1 aliphatic carbocycles. The van der Waals surface area contributed by atoms with Crippen molar-refractivity contribution in [3.8, 4) is 0 Å². The van der Waals surface area contributed by atoms with E-state index in [1.165, 1.54) is 19.3 Å². The molecule has 26 heavy (non-hydrogen) atoms. The number of carbonyl (C=O) groups excluding carboxylic acids is 2. The molecular formula is C20H30N4O2. The maximum absolute atomic E-state index is 12.9. The Morgan fingerprint density at radius 3 is 2.50 bits per heavy atom. The molecule has 0 unspecified atom stereocenters. The van der Waals surface area contributed by atoms with Crippen LogP contribution in [0.3, 0.4) is 0 Å². The molecule has 2 aliphatic rings. The molecular weight excluding hydrogens is 328 g/mol. The van der Waals surface area contributed by atoms with Crippen molar-refractivity contribution in [3.05, 3.63) is 24.0 Å². The zero-order valence-electron chi connectivity index (χ0n) is 16.1. The van der Waals surface area contributed by atoms with Gasteiger partial charge in [-0.3, -0.25) is 14.6 Å². The summed E-state index contributed by atoms with van der Waals surface area (Å²) in [7, 11) is 3.76. The van der Waals surface area contributed by atoms with Crippen LogP contribution < -0.4 is 4.90 Å². The fourth-order valence-corrected chi connectivity index (χ4v) is 4.10. The van der Waals surface area contributed by atoms with Gasteiger partial charge < -0.3 is 14.7 Å². The molecule has 0 aromatic carbocycles. The first-order valence-corrected chi connectivity index (χ1v) is 9.69. The average Bonchev–Trinajstić information content (AvgIpc) is 3.17. The van der Waals surface area contributed by atoms with Gasteiger partial charge in [-0.1, -0.05) is 19.3 Å². The molecule has 3 rings (SSSR count). The number of carbonyl (C=O) groups is 2. The molecule has 2 fully saturated rings. The van der Waals surface area contributed by atoms with E-state index in [9.17, 15) is 9.59 Å². The lowest BCUT2D eigenvalue weighted by Gasteiger charge is -2.31. The summed E-state index contributed by atoms with van der Waals surface area (Å²) in [6, 6.07) is 4.41. The molecule has 1 aliphatic heterocycles. The highest BCUT2D eigenvalue weighted by Crippen LogP contribution is 2.25. The van der Waals surface area contributed by atoms with Crippen LogP contribution in [-0.4, -0.2) is 65.9 Å². The lowest BCUT2D eigenvalue weighted by Crippen LogP contribution is -2.39. The van der Waals surface area contributed by atoms with Crippen molar-refractivity contribution in [2.24, 2.45) is 0 Å². The summed E-state index contributed by atoms with van der Waals surface area (Å²) in [5.41, 5.74) is 1.53. The van der Waals surface area contributed by atoms with Crippen LogP contribution in [0.25, 0.3) is 0 Å². The number of amides is 2. The number of likely N-dealkylation sites (N-methyl/N-ethyl adjacent to an activating group) is 1. The zero-order valence-corrected chi connectivity index (χ0v) is 16.1. The van der Waals surface area contributed by atoms with Crippen LogP contribution in [0.15, 0.2) is 18.3 Å². The molecule has 6 heteroatoms. The number of nitrogens with zero attached hydrogens (tertiary/aromatic N) is 4. The van der Waals surface area contributed by atoms with Crippen LogP contribution in [0.2, 0.25) is 0 Å². The van der Waals surface area contributed by atoms with Gasteiger partial charge in [0.25, 0.3) is 5.91 Å². The molecule has 1 atom stereocenters. The van der Waals surface area contributed by atoms with Gasteiger partial charge in [-0.25, -0.2) is 0 Å². The molecule has 1 saturated heterocycles. The molecule has 0 bridgehead atoms. The molecule has 1 saturated carbocycles. The second kappa shape index (κ2) is 8.06. The number of anilines is 1. The third-order valence-electron chi connectivity index (χ3n) is 5.98. The van der Waals surface area contributed by atoms with E-state index in [-0.39, 0.29) is 17.9 Å². The summed E-state index contributed by atoms with van der Waals surface area (Å²) in [6.07, 6.45) is 8.53. The minimum absolute atomic E-state index is 0.00958. The minimum atomic E-state index is 0.00958. The highest BCUT2D eigenvalue weighted by molar-refractivity contribution is 5.93. The Hall–Kier alpha value is -2.11. The fourth-order valence-electron chi connectivity index (χ4n) is 4.10. The van der Waals surface area contributed by atoms with E-state index in [2.05, 4.69) is 9.88 Å². The van der Waals surface area contributed by atoms with Crippen LogP contribution in [0.5, 0.6) is 0 Å². The summed E-state index contributed by atoms with van der Waals surface area (Å²) in [5, 5.41) is 0. The van der Waals surface area contributed by atoms with E-state index in [1.54, 1.807) is 13.1 Å². The number of hydrogen-bond acceptors (Lipinski definition) is 4. The second-order valence-electron chi connectivity index (χ2n) is 7.63. The lowest BCUT2D eigenvalue weighted by atomic mass is 9.94. The van der Waals surface area contributed by atoms with E-state index < -0.39 is 0 Å². The van der Waals surface area contributed by atoms with Gasteiger partial charge in [-0.2, -0.15) is 0 Å². The predicted molar refractivity (Wildman–Crippen MR) is 102 cm³/mol. The number of pyridine rings is 1. The van der Waals surface area contributed by atoms with Crippen molar-refractivity contribution in [2.75, 3.05) is 32.1 Å². The van der Waals surface area contributed by atoms with E-state index in [4.69, 9.17) is 0 Å². The average molecular weight is 358 g/mol. The highest BCUT2D eigenvalue weighted by atomic mass is 16.2. The maximum atomic E-state index is 12.9. The Bertz CT molecular complexity index is 657. The van der Waals surface area contributed by atoms with Crippen LogP contribution in [0.4, 0.5) is 5.69 Å². The van der Waals surface area contributed by atoms with E-state index in [0.717, 1.165) is 38.0 Å². The first kappa shape index (κ1) is 18.7. The number of rotatable bonds is 4. The van der Waals surface area contributed by atoms with Gasteiger partial charge in [-0.15, -0.1) is 0 Å². The third-order valence-corrected chi connectivity index (χ3v) is 5.98. The Labute approximate surface area is 156 Å². The van der Waals surface area contributed by atoms with E-state index in [0.29, 0.717) is 11.7 Å². The fraction of sp³-hybridized carbons (Fsp3) is 0.650. The van der Waals surface area contributed by atoms with Gasteiger partial charge in [0.15, 0.2) is 0 Å². The van der Waals surface area contributed by atoms with Crippen molar-refractivity contribution in [1.29, 1.82) is 0 Å². The Morgan fingerprint density at radius 1 is 1.08 bits per heavy atom. The summed E-state index contributed by atoms with van der Waals surface area (Å²) in [4.78, 5) is 34.7. The summed E-state index contributed by atoms with van der Waals surface area (Å²) < 4.78 is 0. The summed E-state index contributed by atoms with van der Waals surface area (Å²) >= 11 is 0. The largest absolute Gasteiger partial charge is 0.369 e. The Morgan fingerprint density at radius 2 is 1.81 bits per heavy atom. The van der Waals surface area contributed by atoms with Crippen LogP contribution >= 0.6 is 0 Å². The summed E-state index contributed by atoms with van der Waals surface area (Å²) in [5.74, 6) is 0.104. The highest BCUT2D eigenvalue weighted by Gasteiger charge is 2.28. The quantitative estimate of drug-likeness (QED) is 0.830. The van der Waals surface area contributed by atoms with Crippen molar-refractivity contribution < 1.29 is 9.59 Å². The van der Waals surface area contributed by atoms with Gasteiger partial charge in [-0.05, 0) is 31.4 Å². The van der Waals surface area contributed by atoms with Gasteiger partial charge in [0, 0.05) is 52.0 Å². The van der Waals surface area contributed by atoms with Crippen LogP contribution in [-0.2, 0) is 4.79 Å². The monoisotopic (exact) mass is 358 g/mol. The zero-order chi connectivity index (χ0) is 18.7. The molecule has 0 radical (unpaired) electrons. The Balaban J connectivity index is 1.68. The smallest absolute Gasteiger partial charge is 0.272 e. The summed E-state index contributed by atoms with van der Waals surface area (Å²) in [6.45, 7) is 3.29. The van der Waals surface area contributed by atoms with E-state index >= 15 is 0 Å². The minimum Gasteiger partial charge on any atom is -0.369 e. The predicted octanol–water partition coefficient (Wildman–Crippen LogP) is 2.54. The SMILES string of the molecule is CC(=O)N(C)[C@@H]1CCN(c2ccnc(C(=O)N(C)C3CCCCC3)c2)C1. The number of aromatic nitrogens is 1. The maximum Gasteiger partial charge on any atom is 0.272 e. The molecule has 1 aromatic heterocycles. The normalized spacial score (nSPS) is 20.9. The van der Waals surface area contributed by atoms with Gasteiger partial charge in [0.05, 0.1) is 6.04 Å². The van der Waals surface area contributed by atoms with Crippen LogP contribution in [0.1, 0.15) is 55.9 Å². The number of hydrogen-bond donors (Lipinski definition) is 0. The molecule has 0 N–H and O–H groups in total. The Kier molecular flexibility index (Phi) is 5.79. The van der Waals surface area contributed by atoms with Crippen LogP contribution in [0, 0.1) is 0 Å². The third kappa shape index (κ3) is 4.00. The van der Waals surface area contributed by atoms with Crippen molar-refractivity contribution in [2.45, 2.75) is 57.5 Å². The molecule has 6 nitrogen and oxygen atoms in total. The van der Waals surface area contributed by atoms with Gasteiger partial charge in [0.2, 0.25) is 5.91 Å². The molecule has 2 heterocycles. The van der Waals surface area contributed by atoms with Gasteiger partial charge in [0.1, 0.15) is 5.69 Å². The van der Waals surface area contributed by atoms with Crippen molar-refractivity contribution >= 4 is 17.5 Å².